The summed E-state index contributed by atoms with van der Waals surface area (Å²) < 4.78 is 0. The highest BCUT2D eigenvalue weighted by atomic mass is 15.4. The van der Waals surface area contributed by atoms with Gasteiger partial charge in [-0.3, -0.25) is 0 Å². The molecular weight excluding hydrogens is 452 g/mol. The van der Waals surface area contributed by atoms with E-state index in [1.807, 2.05) is 28.0 Å². The van der Waals surface area contributed by atoms with Crippen LogP contribution in [0, 0.1) is 0 Å². The minimum absolute atomic E-state index is 0.0228. The van der Waals surface area contributed by atoms with Crippen LogP contribution in [0.3, 0.4) is 0 Å². The van der Waals surface area contributed by atoms with Gasteiger partial charge >= 0.3 is 0 Å². The van der Waals surface area contributed by atoms with Gasteiger partial charge in [-0.2, -0.15) is 15.0 Å². The third-order valence-corrected chi connectivity index (χ3v) is 6.72. The molecule has 5 rings (SSSR count). The summed E-state index contributed by atoms with van der Waals surface area (Å²) in [6.45, 7) is 3.18. The fraction of sp³-hybridized carbons (Fsp3) is 0.423. The Morgan fingerprint density at radius 1 is 0.639 bits per heavy atom. The Hall–Kier alpha value is -3.31. The number of piperidine rings is 2. The minimum atomic E-state index is -0.0228. The van der Waals surface area contributed by atoms with E-state index in [4.69, 9.17) is 37.9 Å². The predicted octanol–water partition coefficient (Wildman–Crippen LogP) is 0.880. The van der Waals surface area contributed by atoms with Gasteiger partial charge in [0.15, 0.2) is 0 Å². The van der Waals surface area contributed by atoms with E-state index in [0.29, 0.717) is 50.6 Å². The van der Waals surface area contributed by atoms with E-state index < -0.39 is 0 Å². The molecule has 190 valence electrons. The highest BCUT2D eigenvalue weighted by molar-refractivity contribution is 5.63. The smallest absolute Gasteiger partial charge is 0.232 e. The number of anilines is 3. The van der Waals surface area contributed by atoms with Gasteiger partial charge in [0.05, 0.1) is 0 Å². The summed E-state index contributed by atoms with van der Waals surface area (Å²) in [4.78, 5) is 18.3. The number of nitrogens with zero attached hydrogens (tertiary/aromatic N) is 5. The summed E-state index contributed by atoms with van der Waals surface area (Å²) in [5.41, 5.74) is 28.5. The van der Waals surface area contributed by atoms with Crippen LogP contribution in [-0.4, -0.2) is 65.3 Å². The van der Waals surface area contributed by atoms with Crippen LogP contribution >= 0.6 is 0 Å². The summed E-state index contributed by atoms with van der Waals surface area (Å²) in [5.74, 6) is 1.64. The fourth-order valence-electron chi connectivity index (χ4n) is 5.03. The van der Waals surface area contributed by atoms with Gasteiger partial charge in [-0.05, 0) is 29.5 Å². The average Bonchev–Trinajstić information content (AvgIpc) is 2.87. The lowest BCUT2D eigenvalue weighted by molar-refractivity contribution is 0.441. The second kappa shape index (κ2) is 10.8. The molecule has 0 radical (unpaired) electrons. The maximum Gasteiger partial charge on any atom is 0.232 e. The molecule has 9 N–H and O–H groups in total. The normalized spacial score (nSPS) is 24.6. The molecule has 3 aromatic rings. The van der Waals surface area contributed by atoms with Crippen LogP contribution in [0.4, 0.5) is 17.8 Å². The standard InChI is InChI=1S/C26H36N10/c27-20-10-21(28)14-35(13-20)25-32-24(33-26(34-25)36-15-22(29)11-23(30)16-36)31-12-17-6-8-19(9-7-17)18-4-2-1-3-5-18/h1-9,20-23H,10-16,27-30H2,(H,31,32,33,34)/t20-,21+,22-,23+. The number of aromatic nitrogens is 3. The van der Waals surface area contributed by atoms with Crippen LogP contribution in [-0.2, 0) is 6.54 Å². The van der Waals surface area contributed by atoms with Gasteiger partial charge in [-0.15, -0.1) is 0 Å². The van der Waals surface area contributed by atoms with Gasteiger partial charge in [0, 0.05) is 56.9 Å². The summed E-state index contributed by atoms with van der Waals surface area (Å²) >= 11 is 0. The van der Waals surface area contributed by atoms with Crippen molar-refractivity contribution in [2.75, 3.05) is 41.3 Å². The highest BCUT2D eigenvalue weighted by Crippen LogP contribution is 2.23. The minimum Gasteiger partial charge on any atom is -0.350 e. The molecule has 0 spiro atoms. The van der Waals surface area contributed by atoms with E-state index in [-0.39, 0.29) is 24.2 Å². The summed E-state index contributed by atoms with van der Waals surface area (Å²) in [6, 6.07) is 18.7. The van der Waals surface area contributed by atoms with Crippen molar-refractivity contribution < 1.29 is 0 Å². The first-order chi connectivity index (χ1) is 17.4. The van der Waals surface area contributed by atoms with Crippen LogP contribution in [0.15, 0.2) is 54.6 Å². The van der Waals surface area contributed by atoms with Crippen molar-refractivity contribution in [3.63, 3.8) is 0 Å². The van der Waals surface area contributed by atoms with Gasteiger partial charge in [0.25, 0.3) is 0 Å². The van der Waals surface area contributed by atoms with Crippen molar-refractivity contribution >= 4 is 17.8 Å². The lowest BCUT2D eigenvalue weighted by atomic mass is 10.0. The van der Waals surface area contributed by atoms with Gasteiger partial charge in [-0.25, -0.2) is 0 Å². The van der Waals surface area contributed by atoms with Crippen molar-refractivity contribution in [2.24, 2.45) is 22.9 Å². The first-order valence-electron chi connectivity index (χ1n) is 12.6. The van der Waals surface area contributed by atoms with Crippen LogP contribution < -0.4 is 38.1 Å². The molecule has 2 aliphatic heterocycles. The van der Waals surface area contributed by atoms with Crippen LogP contribution in [0.5, 0.6) is 0 Å². The Kier molecular flexibility index (Phi) is 7.28. The van der Waals surface area contributed by atoms with Gasteiger partial charge in [0.2, 0.25) is 17.8 Å². The summed E-state index contributed by atoms with van der Waals surface area (Å²) in [7, 11) is 0. The molecule has 0 amide bonds. The van der Waals surface area contributed by atoms with Crippen molar-refractivity contribution in [3.05, 3.63) is 60.2 Å². The Balaban J connectivity index is 1.37. The first-order valence-corrected chi connectivity index (χ1v) is 12.6. The lowest BCUT2D eigenvalue weighted by Crippen LogP contribution is -2.54. The van der Waals surface area contributed by atoms with Gasteiger partial charge in [0.1, 0.15) is 0 Å². The predicted molar refractivity (Wildman–Crippen MR) is 145 cm³/mol. The highest BCUT2D eigenvalue weighted by Gasteiger charge is 2.28. The molecule has 36 heavy (non-hydrogen) atoms. The first kappa shape index (κ1) is 24.4. The molecule has 2 aliphatic rings. The zero-order valence-corrected chi connectivity index (χ0v) is 20.5. The Bertz CT molecular complexity index is 1070. The summed E-state index contributed by atoms with van der Waals surface area (Å²) in [5, 5.41) is 3.38. The van der Waals surface area contributed by atoms with E-state index in [1.54, 1.807) is 0 Å². The van der Waals surface area contributed by atoms with Crippen LogP contribution in [0.1, 0.15) is 18.4 Å². The van der Waals surface area contributed by atoms with E-state index >= 15 is 0 Å². The topological polar surface area (TPSA) is 161 Å². The number of hydrogen-bond donors (Lipinski definition) is 5. The van der Waals surface area contributed by atoms with E-state index in [2.05, 4.69) is 41.7 Å². The largest absolute Gasteiger partial charge is 0.350 e. The molecule has 2 aromatic carbocycles. The molecular formula is C26H36N10. The number of hydrogen-bond acceptors (Lipinski definition) is 10. The maximum atomic E-state index is 6.25. The van der Waals surface area contributed by atoms with Crippen molar-refractivity contribution in [3.8, 4) is 11.1 Å². The molecule has 2 saturated heterocycles. The maximum absolute atomic E-state index is 6.25. The number of benzene rings is 2. The van der Waals surface area contributed by atoms with E-state index in [0.717, 1.165) is 18.4 Å². The molecule has 10 heteroatoms. The van der Waals surface area contributed by atoms with Gasteiger partial charge in [-0.1, -0.05) is 54.6 Å². The molecule has 2 fully saturated rings. The van der Waals surface area contributed by atoms with E-state index in [9.17, 15) is 0 Å². The van der Waals surface area contributed by atoms with Crippen LogP contribution in [0.25, 0.3) is 11.1 Å². The zero-order valence-electron chi connectivity index (χ0n) is 20.5. The summed E-state index contributed by atoms with van der Waals surface area (Å²) in [6.07, 6.45) is 1.57. The molecule has 0 bridgehead atoms. The molecule has 0 unspecified atom stereocenters. The number of nitrogens with one attached hydrogen (secondary N) is 1. The third kappa shape index (κ3) is 5.90. The van der Waals surface area contributed by atoms with Crippen molar-refractivity contribution in [1.29, 1.82) is 0 Å². The molecule has 0 aliphatic carbocycles. The second-order valence-electron chi connectivity index (χ2n) is 10.00. The fourth-order valence-corrected chi connectivity index (χ4v) is 5.03. The lowest BCUT2D eigenvalue weighted by Gasteiger charge is -2.37. The van der Waals surface area contributed by atoms with E-state index in [1.165, 1.54) is 11.1 Å². The SMILES string of the molecule is N[C@@H]1C[C@H](N)CN(c2nc(NCc3ccc(-c4ccccc4)cc3)nc(N3C[C@H](N)C[C@H](N)C3)n2)C1. The molecule has 4 atom stereocenters. The van der Waals surface area contributed by atoms with Crippen molar-refractivity contribution in [1.82, 2.24) is 15.0 Å². The second-order valence-corrected chi connectivity index (χ2v) is 10.00. The number of nitrogens with two attached hydrogens (primary N) is 4. The molecule has 10 nitrogen and oxygen atoms in total. The van der Waals surface area contributed by atoms with Crippen molar-refractivity contribution in [2.45, 2.75) is 43.6 Å². The molecule has 3 heterocycles. The van der Waals surface area contributed by atoms with Gasteiger partial charge < -0.3 is 38.1 Å². The quantitative estimate of drug-likeness (QED) is 0.337. The third-order valence-electron chi connectivity index (χ3n) is 6.72. The Labute approximate surface area is 212 Å². The molecule has 0 saturated carbocycles. The zero-order chi connectivity index (χ0) is 25.1. The Morgan fingerprint density at radius 2 is 1.11 bits per heavy atom. The number of rotatable bonds is 6. The molecule has 1 aromatic heterocycles. The average molecular weight is 489 g/mol. The van der Waals surface area contributed by atoms with Crippen LogP contribution in [0.2, 0.25) is 0 Å². The Morgan fingerprint density at radius 3 is 1.61 bits per heavy atom. The monoisotopic (exact) mass is 488 g/mol.